The highest BCUT2D eigenvalue weighted by Crippen LogP contribution is 2.21. The lowest BCUT2D eigenvalue weighted by atomic mass is 9.86. The van der Waals surface area contributed by atoms with Gasteiger partial charge < -0.3 is 14.4 Å². The average molecular weight is 276 g/mol. The summed E-state index contributed by atoms with van der Waals surface area (Å²) in [6.07, 6.45) is 2.47. The second kappa shape index (κ2) is 5.83. The summed E-state index contributed by atoms with van der Waals surface area (Å²) in [5, 5.41) is 0. The van der Waals surface area contributed by atoms with Gasteiger partial charge in [0.2, 0.25) is 0 Å². The third-order valence-electron chi connectivity index (χ3n) is 4.38. The van der Waals surface area contributed by atoms with E-state index in [9.17, 15) is 4.79 Å². The van der Waals surface area contributed by atoms with Crippen LogP contribution in [0.2, 0.25) is 0 Å². The Morgan fingerprint density at radius 2 is 2.15 bits per heavy atom. The number of ether oxygens (including phenoxy) is 2. The molecule has 3 aliphatic heterocycles. The molecule has 4 rings (SSSR count). The van der Waals surface area contributed by atoms with Gasteiger partial charge in [-0.15, -0.1) is 0 Å². The average Bonchev–Trinajstić information content (AvgIpc) is 2.46. The third kappa shape index (κ3) is 3.12. The molecule has 0 radical (unpaired) electrons. The van der Waals surface area contributed by atoms with Gasteiger partial charge in [0.15, 0.2) is 12.7 Å². The first-order chi connectivity index (χ1) is 9.70. The van der Waals surface area contributed by atoms with Gasteiger partial charge >= 0.3 is 5.97 Å². The topological polar surface area (TPSA) is 40.0 Å². The van der Waals surface area contributed by atoms with Crippen LogP contribution in [0.3, 0.4) is 0 Å². The monoisotopic (exact) mass is 276 g/mol. The molecule has 3 heterocycles. The molecule has 0 aromatic heterocycles. The van der Waals surface area contributed by atoms with Gasteiger partial charge in [-0.25, -0.2) is 4.79 Å². The zero-order valence-electron chi connectivity index (χ0n) is 11.9. The molecule has 1 N–H and O–H groups in total. The van der Waals surface area contributed by atoms with Crippen molar-refractivity contribution in [3.8, 4) is 5.75 Å². The fourth-order valence-electron chi connectivity index (χ4n) is 3.26. The number of aryl methyl sites for hydroxylation is 1. The van der Waals surface area contributed by atoms with Crippen LogP contribution in [0.4, 0.5) is 0 Å². The Bertz CT molecular complexity index is 480. The molecule has 4 nitrogen and oxygen atoms in total. The number of piperidine rings is 3. The number of esters is 1. The molecule has 0 spiro atoms. The molecule has 4 heteroatoms. The van der Waals surface area contributed by atoms with Gasteiger partial charge in [0.05, 0.1) is 13.1 Å². The first kappa shape index (κ1) is 13.4. The van der Waals surface area contributed by atoms with E-state index in [-0.39, 0.29) is 18.7 Å². The van der Waals surface area contributed by atoms with Crippen LogP contribution in [0.25, 0.3) is 0 Å². The number of nitrogens with one attached hydrogen (secondary N) is 1. The predicted molar refractivity (Wildman–Crippen MR) is 74.8 cm³/mol. The van der Waals surface area contributed by atoms with Crippen molar-refractivity contribution in [1.29, 1.82) is 0 Å². The molecule has 0 amide bonds. The predicted octanol–water partition coefficient (Wildman–Crippen LogP) is 0.594. The molecule has 2 bridgehead atoms. The molecule has 108 valence electrons. The van der Waals surface area contributed by atoms with Gasteiger partial charge in [-0.2, -0.15) is 0 Å². The second-order valence-electron chi connectivity index (χ2n) is 5.93. The van der Waals surface area contributed by atoms with Crippen LogP contribution in [-0.4, -0.2) is 38.3 Å². The summed E-state index contributed by atoms with van der Waals surface area (Å²) in [4.78, 5) is 13.5. The van der Waals surface area contributed by atoms with E-state index in [1.165, 1.54) is 25.9 Å². The standard InChI is InChI=1S/C16H21NO3/c1-12-3-2-4-14(9-12)19-11-16(18)20-15-10-17-7-5-13(15)6-8-17/h2-4,9,13,15H,5-8,10-11H2,1H3/p+1/t15-/m0/s1. The lowest BCUT2D eigenvalue weighted by molar-refractivity contribution is -0.920. The number of benzene rings is 1. The lowest BCUT2D eigenvalue weighted by Crippen LogP contribution is -3.16. The smallest absolute Gasteiger partial charge is 0.344 e. The minimum atomic E-state index is -0.246. The Labute approximate surface area is 119 Å². The Balaban J connectivity index is 1.48. The highest BCUT2D eigenvalue weighted by atomic mass is 16.6. The van der Waals surface area contributed by atoms with Crippen molar-refractivity contribution in [3.05, 3.63) is 29.8 Å². The molecule has 0 saturated carbocycles. The van der Waals surface area contributed by atoms with E-state index >= 15 is 0 Å². The van der Waals surface area contributed by atoms with Gasteiger partial charge in [-0.1, -0.05) is 12.1 Å². The molecule has 1 aromatic rings. The summed E-state index contributed by atoms with van der Waals surface area (Å²) in [6, 6.07) is 7.71. The highest BCUT2D eigenvalue weighted by molar-refractivity contribution is 5.71. The maximum atomic E-state index is 11.9. The fraction of sp³-hybridized carbons (Fsp3) is 0.562. The number of rotatable bonds is 4. The summed E-state index contributed by atoms with van der Waals surface area (Å²) in [5.74, 6) is 1.04. The van der Waals surface area contributed by atoms with Crippen molar-refractivity contribution in [2.75, 3.05) is 26.2 Å². The number of fused-ring (bicyclic) bond motifs is 3. The lowest BCUT2D eigenvalue weighted by Gasteiger charge is -2.41. The Kier molecular flexibility index (Phi) is 3.92. The third-order valence-corrected chi connectivity index (χ3v) is 4.38. The highest BCUT2D eigenvalue weighted by Gasteiger charge is 2.39. The number of hydrogen-bond acceptors (Lipinski definition) is 3. The number of carbonyl (C=O) groups excluding carboxylic acids is 1. The minimum Gasteiger partial charge on any atom is -0.482 e. The van der Waals surface area contributed by atoms with Crippen molar-refractivity contribution in [2.45, 2.75) is 25.9 Å². The van der Waals surface area contributed by atoms with E-state index < -0.39 is 0 Å². The van der Waals surface area contributed by atoms with E-state index in [0.717, 1.165) is 17.9 Å². The Morgan fingerprint density at radius 1 is 1.35 bits per heavy atom. The van der Waals surface area contributed by atoms with Crippen LogP contribution in [0, 0.1) is 12.8 Å². The molecular weight excluding hydrogens is 254 g/mol. The SMILES string of the molecule is Cc1cccc(OCC(=O)O[C@H]2C[NH+]3CCC2CC3)c1. The Hall–Kier alpha value is -1.55. The quantitative estimate of drug-likeness (QED) is 0.819. The van der Waals surface area contributed by atoms with Crippen LogP contribution in [0.1, 0.15) is 18.4 Å². The van der Waals surface area contributed by atoms with E-state index in [1.54, 1.807) is 4.90 Å². The van der Waals surface area contributed by atoms with Gasteiger partial charge in [0.1, 0.15) is 12.3 Å². The van der Waals surface area contributed by atoms with Gasteiger partial charge in [-0.05, 0) is 24.6 Å². The summed E-state index contributed by atoms with van der Waals surface area (Å²) in [6.45, 7) is 5.45. The zero-order chi connectivity index (χ0) is 13.9. The van der Waals surface area contributed by atoms with Crippen LogP contribution in [-0.2, 0) is 9.53 Å². The molecule has 3 fully saturated rings. The van der Waals surface area contributed by atoms with Gasteiger partial charge in [-0.3, -0.25) is 0 Å². The van der Waals surface area contributed by atoms with Crippen molar-refractivity contribution >= 4 is 5.97 Å². The van der Waals surface area contributed by atoms with Crippen LogP contribution in [0.5, 0.6) is 5.75 Å². The largest absolute Gasteiger partial charge is 0.482 e. The Morgan fingerprint density at radius 3 is 2.80 bits per heavy atom. The molecule has 0 unspecified atom stereocenters. The summed E-state index contributed by atoms with van der Waals surface area (Å²) >= 11 is 0. The first-order valence-electron chi connectivity index (χ1n) is 7.43. The van der Waals surface area contributed by atoms with Crippen molar-refractivity contribution in [2.24, 2.45) is 5.92 Å². The molecule has 3 aliphatic rings. The minimum absolute atomic E-state index is 0.00199. The number of quaternary nitrogens is 1. The normalized spacial score (nSPS) is 28.1. The maximum absolute atomic E-state index is 11.9. The van der Waals surface area contributed by atoms with Gasteiger partial charge in [0, 0.05) is 18.8 Å². The number of hydrogen-bond donors (Lipinski definition) is 1. The maximum Gasteiger partial charge on any atom is 0.344 e. The van der Waals surface area contributed by atoms with E-state index in [0.29, 0.717) is 5.92 Å². The zero-order valence-corrected chi connectivity index (χ0v) is 11.9. The van der Waals surface area contributed by atoms with E-state index in [4.69, 9.17) is 9.47 Å². The van der Waals surface area contributed by atoms with Crippen LogP contribution in [0.15, 0.2) is 24.3 Å². The van der Waals surface area contributed by atoms with E-state index in [2.05, 4.69) is 0 Å². The van der Waals surface area contributed by atoms with Gasteiger partial charge in [0.25, 0.3) is 0 Å². The second-order valence-corrected chi connectivity index (χ2v) is 5.93. The number of carbonyl (C=O) groups is 1. The van der Waals surface area contributed by atoms with E-state index in [1.807, 2.05) is 31.2 Å². The molecule has 3 saturated heterocycles. The summed E-state index contributed by atoms with van der Waals surface area (Å²) < 4.78 is 11.1. The molecule has 1 atom stereocenters. The molecule has 1 aromatic carbocycles. The van der Waals surface area contributed by atoms with Crippen molar-refractivity contribution in [1.82, 2.24) is 0 Å². The van der Waals surface area contributed by atoms with Crippen molar-refractivity contribution in [3.63, 3.8) is 0 Å². The van der Waals surface area contributed by atoms with Crippen LogP contribution >= 0.6 is 0 Å². The van der Waals surface area contributed by atoms with Crippen molar-refractivity contribution < 1.29 is 19.2 Å². The fourth-order valence-corrected chi connectivity index (χ4v) is 3.26. The van der Waals surface area contributed by atoms with Crippen LogP contribution < -0.4 is 9.64 Å². The molecule has 20 heavy (non-hydrogen) atoms. The molecule has 0 aliphatic carbocycles. The summed E-state index contributed by atoms with van der Waals surface area (Å²) in [5.41, 5.74) is 1.12. The summed E-state index contributed by atoms with van der Waals surface area (Å²) in [7, 11) is 0. The molecular formula is C16H22NO3+. The first-order valence-corrected chi connectivity index (χ1v) is 7.43.